The van der Waals surface area contributed by atoms with Gasteiger partial charge >= 0.3 is 0 Å². The van der Waals surface area contributed by atoms with E-state index in [-0.39, 0.29) is 13.2 Å². The van der Waals surface area contributed by atoms with Gasteiger partial charge in [0.05, 0.1) is 13.2 Å². The Bertz CT molecular complexity index is 1210. The molecule has 4 aromatic carbocycles. The van der Waals surface area contributed by atoms with E-state index >= 15 is 0 Å². The molecule has 33 heavy (non-hydrogen) atoms. The molecular formula is C30H30O2S. The first-order chi connectivity index (χ1) is 16.0. The molecule has 1 aliphatic heterocycles. The Morgan fingerprint density at radius 1 is 0.576 bits per heavy atom. The highest BCUT2D eigenvalue weighted by Crippen LogP contribution is 2.40. The van der Waals surface area contributed by atoms with Crippen LogP contribution in [0.2, 0.25) is 0 Å². The van der Waals surface area contributed by atoms with Gasteiger partial charge in [0, 0.05) is 9.79 Å². The second-order valence-corrected chi connectivity index (χ2v) is 9.71. The molecule has 0 aliphatic carbocycles. The topological polar surface area (TPSA) is 40.5 Å². The molecule has 0 unspecified atom stereocenters. The van der Waals surface area contributed by atoms with E-state index in [4.69, 9.17) is 10.2 Å². The van der Waals surface area contributed by atoms with Crippen LogP contribution in [0, 0.1) is 13.8 Å². The number of hydrogen-bond donors (Lipinski definition) is 2. The number of hydrogen-bond acceptors (Lipinski definition) is 3. The summed E-state index contributed by atoms with van der Waals surface area (Å²) in [6.45, 7) is 4.46. The minimum Gasteiger partial charge on any atom is -0.392 e. The molecule has 168 valence electrons. The molecule has 5 rings (SSSR count). The number of aliphatic hydroxyl groups is 2. The van der Waals surface area contributed by atoms with Crippen molar-refractivity contribution in [1.29, 1.82) is 0 Å². The summed E-state index contributed by atoms with van der Waals surface area (Å²) in [5, 5.41) is 18.1. The molecule has 0 saturated carbocycles. The van der Waals surface area contributed by atoms with Crippen molar-refractivity contribution < 1.29 is 10.2 Å². The van der Waals surface area contributed by atoms with Gasteiger partial charge in [-0.25, -0.2) is 0 Å². The molecule has 0 radical (unpaired) electrons. The predicted molar refractivity (Wildman–Crippen MR) is 137 cm³/mol. The Balaban J connectivity index is 0.000000157. The maximum absolute atomic E-state index is 9.17. The molecule has 3 heteroatoms. The summed E-state index contributed by atoms with van der Waals surface area (Å²) in [7, 11) is 0. The molecule has 0 amide bonds. The van der Waals surface area contributed by atoms with E-state index in [1.165, 1.54) is 43.2 Å². The summed E-state index contributed by atoms with van der Waals surface area (Å²) in [5.41, 5.74) is 9.93. The van der Waals surface area contributed by atoms with E-state index in [1.807, 2.05) is 30.0 Å². The van der Waals surface area contributed by atoms with E-state index < -0.39 is 0 Å². The van der Waals surface area contributed by atoms with Crippen LogP contribution < -0.4 is 0 Å². The lowest BCUT2D eigenvalue weighted by atomic mass is 10.0. The van der Waals surface area contributed by atoms with E-state index in [2.05, 4.69) is 80.6 Å². The summed E-state index contributed by atoms with van der Waals surface area (Å²) in [6, 6.07) is 29.6. The largest absolute Gasteiger partial charge is 0.392 e. The minimum absolute atomic E-state index is 0.116. The summed E-state index contributed by atoms with van der Waals surface area (Å²) >= 11 is 1.82. The Morgan fingerprint density at radius 2 is 1.06 bits per heavy atom. The lowest BCUT2D eigenvalue weighted by Crippen LogP contribution is -2.00. The van der Waals surface area contributed by atoms with Crippen molar-refractivity contribution in [2.75, 3.05) is 0 Å². The summed E-state index contributed by atoms with van der Waals surface area (Å²) < 4.78 is 0. The molecule has 1 heterocycles. The number of aryl methyl sites for hydroxylation is 2. The van der Waals surface area contributed by atoms with Crippen LogP contribution in [0.1, 0.15) is 44.5 Å². The fraction of sp³-hybridized carbons (Fsp3) is 0.200. The molecule has 2 N–H and O–H groups in total. The number of rotatable bonds is 4. The molecule has 0 saturated heterocycles. The summed E-state index contributed by atoms with van der Waals surface area (Å²) in [6.07, 6.45) is 1.95. The minimum atomic E-state index is 0.116. The Kier molecular flexibility index (Phi) is 7.66. The average Bonchev–Trinajstić information content (AvgIpc) is 2.84. The lowest BCUT2D eigenvalue weighted by Gasteiger charge is -2.19. The van der Waals surface area contributed by atoms with Crippen LogP contribution in [0.15, 0.2) is 94.7 Å². The van der Waals surface area contributed by atoms with E-state index in [9.17, 15) is 0 Å². The SMILES string of the molecule is Cc1ccc(Cc2ccc(CO)cc2)cc1.Cc1ccc2c(c1)Sc1cc(CO)ccc1C2. The quantitative estimate of drug-likeness (QED) is 0.321. The Morgan fingerprint density at radius 3 is 1.70 bits per heavy atom. The van der Waals surface area contributed by atoms with Gasteiger partial charge in [0.15, 0.2) is 0 Å². The van der Waals surface area contributed by atoms with E-state index in [1.54, 1.807) is 0 Å². The fourth-order valence-corrected chi connectivity index (χ4v) is 5.10. The molecule has 0 aromatic heterocycles. The summed E-state index contributed by atoms with van der Waals surface area (Å²) in [4.78, 5) is 2.64. The summed E-state index contributed by atoms with van der Waals surface area (Å²) in [5.74, 6) is 0. The zero-order valence-electron chi connectivity index (χ0n) is 19.2. The molecule has 0 fully saturated rings. The van der Waals surface area contributed by atoms with Gasteiger partial charge in [0.2, 0.25) is 0 Å². The van der Waals surface area contributed by atoms with Gasteiger partial charge in [-0.3, -0.25) is 0 Å². The number of fused-ring (bicyclic) bond motifs is 2. The molecule has 1 aliphatic rings. The van der Waals surface area contributed by atoms with Crippen molar-refractivity contribution in [3.63, 3.8) is 0 Å². The third-order valence-electron chi connectivity index (χ3n) is 5.87. The van der Waals surface area contributed by atoms with Gasteiger partial charge in [-0.1, -0.05) is 90.1 Å². The van der Waals surface area contributed by atoms with Crippen LogP contribution in [0.4, 0.5) is 0 Å². The van der Waals surface area contributed by atoms with Gasteiger partial charge in [-0.15, -0.1) is 0 Å². The van der Waals surface area contributed by atoms with E-state index in [0.717, 1.165) is 24.0 Å². The van der Waals surface area contributed by atoms with Crippen molar-refractivity contribution in [2.45, 2.75) is 49.7 Å². The molecule has 0 atom stereocenters. The fourth-order valence-electron chi connectivity index (χ4n) is 3.87. The van der Waals surface area contributed by atoms with Crippen molar-refractivity contribution >= 4 is 11.8 Å². The highest BCUT2D eigenvalue weighted by molar-refractivity contribution is 7.99. The highest BCUT2D eigenvalue weighted by Gasteiger charge is 2.16. The average molecular weight is 455 g/mol. The Hall–Kier alpha value is -2.85. The maximum Gasteiger partial charge on any atom is 0.0682 e. The first-order valence-corrected chi connectivity index (χ1v) is 12.1. The van der Waals surface area contributed by atoms with Crippen molar-refractivity contribution in [3.05, 3.63) is 129 Å². The second kappa shape index (κ2) is 10.8. The van der Waals surface area contributed by atoms with Crippen LogP contribution in [0.25, 0.3) is 0 Å². The van der Waals surface area contributed by atoms with Gasteiger partial charge < -0.3 is 10.2 Å². The van der Waals surface area contributed by atoms with Crippen molar-refractivity contribution in [2.24, 2.45) is 0 Å². The third-order valence-corrected chi connectivity index (χ3v) is 7.07. The zero-order valence-corrected chi connectivity index (χ0v) is 20.0. The van der Waals surface area contributed by atoms with Crippen LogP contribution in [-0.2, 0) is 26.1 Å². The van der Waals surface area contributed by atoms with Gasteiger partial charge in [0.25, 0.3) is 0 Å². The molecule has 4 aromatic rings. The second-order valence-electron chi connectivity index (χ2n) is 8.63. The van der Waals surface area contributed by atoms with Gasteiger partial charge in [-0.05, 0) is 77.8 Å². The highest BCUT2D eigenvalue weighted by atomic mass is 32.2. The number of benzene rings is 4. The van der Waals surface area contributed by atoms with Crippen molar-refractivity contribution in [3.8, 4) is 0 Å². The smallest absolute Gasteiger partial charge is 0.0682 e. The first-order valence-electron chi connectivity index (χ1n) is 11.3. The third kappa shape index (κ3) is 6.14. The maximum atomic E-state index is 9.17. The zero-order chi connectivity index (χ0) is 23.2. The van der Waals surface area contributed by atoms with Crippen LogP contribution in [0.5, 0.6) is 0 Å². The lowest BCUT2D eigenvalue weighted by molar-refractivity contribution is 0.281. The Labute approximate surface area is 201 Å². The molecule has 0 spiro atoms. The normalized spacial score (nSPS) is 11.8. The van der Waals surface area contributed by atoms with Gasteiger partial charge in [0.1, 0.15) is 0 Å². The molecule has 0 bridgehead atoms. The monoisotopic (exact) mass is 454 g/mol. The van der Waals surface area contributed by atoms with Crippen molar-refractivity contribution in [1.82, 2.24) is 0 Å². The predicted octanol–water partition coefficient (Wildman–Crippen LogP) is 6.62. The molecular weight excluding hydrogens is 424 g/mol. The van der Waals surface area contributed by atoms with Crippen LogP contribution in [0.3, 0.4) is 0 Å². The van der Waals surface area contributed by atoms with Gasteiger partial charge in [-0.2, -0.15) is 0 Å². The standard InChI is InChI=1S/C15H14OS.C15H16O/c1-10-2-4-12-8-13-5-3-11(9-16)7-15(13)17-14(12)6-10;1-12-2-4-13(5-3-12)10-14-6-8-15(11-16)9-7-14/h2-7,16H,8-9H2,1H3;2-9,16H,10-11H2,1H3. The number of aliphatic hydroxyl groups excluding tert-OH is 2. The molecule has 2 nitrogen and oxygen atoms in total. The van der Waals surface area contributed by atoms with E-state index in [0.29, 0.717) is 0 Å². The first kappa shape index (κ1) is 23.3. The van der Waals surface area contributed by atoms with Crippen LogP contribution >= 0.6 is 11.8 Å². The van der Waals surface area contributed by atoms with Crippen LogP contribution in [-0.4, -0.2) is 10.2 Å².